The number of H-pyrrole nitrogens is 1. The van der Waals surface area contributed by atoms with E-state index in [1.165, 1.54) is 12.4 Å². The van der Waals surface area contributed by atoms with Gasteiger partial charge in [0.2, 0.25) is 0 Å². The number of nitrogens with zero attached hydrogens (tertiary/aromatic N) is 4. The quantitative estimate of drug-likeness (QED) is 0.510. The van der Waals surface area contributed by atoms with Crippen LogP contribution in [0.5, 0.6) is 5.75 Å². The van der Waals surface area contributed by atoms with Gasteiger partial charge in [0.05, 0.1) is 11.1 Å². The fourth-order valence-electron chi connectivity index (χ4n) is 3.36. The number of benzene rings is 1. The summed E-state index contributed by atoms with van der Waals surface area (Å²) < 4.78 is 18.9. The lowest BCUT2D eigenvalue weighted by Gasteiger charge is -2.10. The van der Waals surface area contributed by atoms with Gasteiger partial charge in [0.1, 0.15) is 18.6 Å². The van der Waals surface area contributed by atoms with E-state index in [4.69, 9.17) is 4.74 Å². The summed E-state index contributed by atoms with van der Waals surface area (Å²) >= 11 is 0. The van der Waals surface area contributed by atoms with E-state index in [1.54, 1.807) is 30.0 Å². The Labute approximate surface area is 184 Å². The fourth-order valence-corrected chi connectivity index (χ4v) is 3.36. The third-order valence-electron chi connectivity index (χ3n) is 4.92. The molecule has 7 nitrogen and oxygen atoms in total. The topological polar surface area (TPSA) is 83.5 Å². The Hall–Kier alpha value is -4.17. The van der Waals surface area contributed by atoms with Crippen molar-refractivity contribution in [1.29, 1.82) is 0 Å². The number of ether oxygens (including phenoxy) is 1. The zero-order valence-corrected chi connectivity index (χ0v) is 17.4. The van der Waals surface area contributed by atoms with Crippen molar-refractivity contribution in [2.24, 2.45) is 10.9 Å². The highest BCUT2D eigenvalue weighted by Gasteiger charge is 2.24. The summed E-state index contributed by atoms with van der Waals surface area (Å²) in [4.78, 5) is 29.8. The van der Waals surface area contributed by atoms with Crippen LogP contribution in [0, 0.1) is 35.4 Å². The van der Waals surface area contributed by atoms with E-state index >= 15 is 0 Å². The zero-order chi connectivity index (χ0) is 22.3. The highest BCUT2D eigenvalue weighted by Crippen LogP contribution is 2.23. The van der Waals surface area contributed by atoms with Gasteiger partial charge in [0.15, 0.2) is 17.4 Å². The van der Waals surface area contributed by atoms with Crippen LogP contribution in [0.3, 0.4) is 0 Å². The molecule has 4 rings (SSSR count). The first-order valence-corrected chi connectivity index (χ1v) is 10.1. The minimum absolute atomic E-state index is 0.0479. The molecule has 1 amide bonds. The van der Waals surface area contributed by atoms with E-state index < -0.39 is 5.82 Å². The first kappa shape index (κ1) is 21.1. The highest BCUT2D eigenvalue weighted by atomic mass is 19.1. The second-order valence-electron chi connectivity index (χ2n) is 7.12. The van der Waals surface area contributed by atoms with Crippen LogP contribution in [0.1, 0.15) is 19.0 Å². The van der Waals surface area contributed by atoms with Gasteiger partial charge in [-0.05, 0) is 43.4 Å². The van der Waals surface area contributed by atoms with Gasteiger partial charge in [-0.25, -0.2) is 19.4 Å². The van der Waals surface area contributed by atoms with Crippen LogP contribution in [0.2, 0.25) is 0 Å². The Bertz CT molecular complexity index is 1290. The molecule has 3 aromatic rings. The number of hydrogen-bond acceptors (Lipinski definition) is 5. The van der Waals surface area contributed by atoms with E-state index in [2.05, 4.69) is 43.6 Å². The van der Waals surface area contributed by atoms with Gasteiger partial charge in [-0.3, -0.25) is 4.79 Å². The van der Waals surface area contributed by atoms with Crippen LogP contribution in [0.4, 0.5) is 10.2 Å². The zero-order valence-electron chi connectivity index (χ0n) is 17.4. The summed E-state index contributed by atoms with van der Waals surface area (Å²) in [6.07, 6.45) is 4.10. The Morgan fingerprint density at radius 2 is 2.28 bits per heavy atom. The summed E-state index contributed by atoms with van der Waals surface area (Å²) in [6, 6.07) is 8.00. The minimum atomic E-state index is -0.425. The second kappa shape index (κ2) is 9.76. The molecule has 32 heavy (non-hydrogen) atoms. The molecule has 160 valence electrons. The number of aliphatic imine (C=N–C) groups is 1. The van der Waals surface area contributed by atoms with Crippen molar-refractivity contribution >= 4 is 29.0 Å². The molecule has 8 heteroatoms. The van der Waals surface area contributed by atoms with Crippen LogP contribution >= 0.6 is 0 Å². The van der Waals surface area contributed by atoms with Gasteiger partial charge < -0.3 is 14.6 Å². The molecule has 1 aliphatic rings. The van der Waals surface area contributed by atoms with Crippen molar-refractivity contribution in [2.75, 3.05) is 19.7 Å². The molecule has 1 saturated heterocycles. The number of aromatic nitrogens is 3. The maximum absolute atomic E-state index is 13.6. The van der Waals surface area contributed by atoms with E-state index in [0.29, 0.717) is 30.2 Å². The van der Waals surface area contributed by atoms with Gasteiger partial charge in [0.25, 0.3) is 5.91 Å². The number of hydrogen-bond donors (Lipinski definition) is 1. The van der Waals surface area contributed by atoms with Crippen molar-refractivity contribution < 1.29 is 13.9 Å². The van der Waals surface area contributed by atoms with Gasteiger partial charge in [-0.1, -0.05) is 24.0 Å². The summed E-state index contributed by atoms with van der Waals surface area (Å²) in [5, 5.41) is 0.742. The Balaban J connectivity index is 1.42. The van der Waals surface area contributed by atoms with Gasteiger partial charge >= 0.3 is 0 Å². The van der Waals surface area contributed by atoms with E-state index in [1.807, 2.05) is 12.3 Å². The number of para-hydroxylation sites is 1. The normalized spacial score (nSPS) is 15.3. The number of likely N-dealkylation sites (tertiary alicyclic amines) is 1. The lowest BCUT2D eigenvalue weighted by atomic mass is 10.1. The van der Waals surface area contributed by atoms with Crippen molar-refractivity contribution in [2.45, 2.75) is 13.3 Å². The number of halogens is 1. The van der Waals surface area contributed by atoms with Gasteiger partial charge in [-0.15, -0.1) is 0 Å². The number of rotatable bonds is 4. The van der Waals surface area contributed by atoms with Crippen molar-refractivity contribution in [1.82, 2.24) is 19.9 Å². The molecule has 0 radical (unpaired) electrons. The number of aromatic amines is 1. The van der Waals surface area contributed by atoms with Crippen molar-refractivity contribution in [3.8, 4) is 29.4 Å². The number of amides is 1. The SMILES string of the molecule is CC#CC(=O)N1CCC(C=Nc2ncnc3[nH]c(C#CCOc4ccccc4F)cc23)C1. The highest BCUT2D eigenvalue weighted by molar-refractivity contribution is 5.94. The molecule has 3 heterocycles. The van der Waals surface area contributed by atoms with E-state index in [0.717, 1.165) is 11.8 Å². The average molecular weight is 429 g/mol. The number of nitrogens with one attached hydrogen (secondary N) is 1. The Morgan fingerprint density at radius 3 is 3.12 bits per heavy atom. The van der Waals surface area contributed by atoms with Gasteiger partial charge in [0, 0.05) is 25.2 Å². The van der Waals surface area contributed by atoms with E-state index in [-0.39, 0.29) is 24.2 Å². The molecule has 0 saturated carbocycles. The molecule has 0 bridgehead atoms. The standard InChI is InChI=1S/C24H20FN5O2/c1-2-6-22(31)30-11-10-17(15-30)14-26-23-19-13-18(29-24(19)28-16-27-23)7-5-12-32-21-9-4-3-8-20(21)25/h3-4,8-9,13-14,16-17H,10-12,15H2,1H3,(H,27,28,29). The molecule has 1 aromatic carbocycles. The number of carbonyl (C=O) groups is 1. The van der Waals surface area contributed by atoms with Crippen LogP contribution in [0.25, 0.3) is 11.0 Å². The summed E-state index contributed by atoms with van der Waals surface area (Å²) in [5.74, 6) is 11.3. The van der Waals surface area contributed by atoms with E-state index in [9.17, 15) is 9.18 Å². The molecule has 1 atom stereocenters. The Kier molecular flexibility index (Phi) is 6.43. The first-order chi connectivity index (χ1) is 15.6. The molecule has 2 aromatic heterocycles. The number of carbonyl (C=O) groups excluding carboxylic acids is 1. The predicted octanol–water partition coefficient (Wildman–Crippen LogP) is 3.10. The third kappa shape index (κ3) is 4.93. The largest absolute Gasteiger partial charge is 0.478 e. The predicted molar refractivity (Wildman–Crippen MR) is 119 cm³/mol. The smallest absolute Gasteiger partial charge is 0.298 e. The molecular weight excluding hydrogens is 409 g/mol. The molecule has 1 aliphatic heterocycles. The van der Waals surface area contributed by atoms with Gasteiger partial charge in [-0.2, -0.15) is 0 Å². The molecule has 1 unspecified atom stereocenters. The minimum Gasteiger partial charge on any atom is -0.478 e. The van der Waals surface area contributed by atoms with Crippen LogP contribution in [-0.2, 0) is 4.79 Å². The molecule has 0 spiro atoms. The third-order valence-corrected chi connectivity index (χ3v) is 4.92. The lowest BCUT2D eigenvalue weighted by molar-refractivity contribution is -0.124. The lowest BCUT2D eigenvalue weighted by Crippen LogP contribution is -2.27. The molecule has 1 fully saturated rings. The number of fused-ring (bicyclic) bond motifs is 1. The van der Waals surface area contributed by atoms with Crippen LogP contribution in [0.15, 0.2) is 41.7 Å². The average Bonchev–Trinajstić information content (AvgIpc) is 3.44. The maximum Gasteiger partial charge on any atom is 0.298 e. The fraction of sp³-hybridized carbons (Fsp3) is 0.250. The Morgan fingerprint density at radius 1 is 1.41 bits per heavy atom. The molecular formula is C24H20FN5O2. The maximum atomic E-state index is 13.6. The summed E-state index contributed by atoms with van der Waals surface area (Å²) in [6.45, 7) is 2.96. The van der Waals surface area contributed by atoms with Crippen LogP contribution < -0.4 is 4.74 Å². The van der Waals surface area contributed by atoms with Crippen molar-refractivity contribution in [3.63, 3.8) is 0 Å². The first-order valence-electron chi connectivity index (χ1n) is 10.1. The second-order valence-corrected chi connectivity index (χ2v) is 7.12. The monoisotopic (exact) mass is 429 g/mol. The van der Waals surface area contributed by atoms with Crippen LogP contribution in [-0.4, -0.2) is 51.7 Å². The molecule has 1 N–H and O–H groups in total. The summed E-state index contributed by atoms with van der Waals surface area (Å²) in [7, 11) is 0. The van der Waals surface area contributed by atoms with Crippen molar-refractivity contribution in [3.05, 3.63) is 48.2 Å². The summed E-state index contributed by atoms with van der Waals surface area (Å²) in [5.41, 5.74) is 1.25. The molecule has 0 aliphatic carbocycles.